The van der Waals surface area contributed by atoms with E-state index in [4.69, 9.17) is 23.7 Å². The van der Waals surface area contributed by atoms with E-state index in [2.05, 4.69) is 0 Å². The molecule has 5 atom stereocenters. The Morgan fingerprint density at radius 2 is 1.49 bits per heavy atom. The highest BCUT2D eigenvalue weighted by molar-refractivity contribution is 5.89. The average molecular weight is 481 g/mol. The summed E-state index contributed by atoms with van der Waals surface area (Å²) in [5, 5.41) is 21.6. The fourth-order valence-corrected chi connectivity index (χ4v) is 3.68. The van der Waals surface area contributed by atoms with Crippen LogP contribution in [0.2, 0.25) is 0 Å². The second-order valence-corrected chi connectivity index (χ2v) is 8.05. The van der Waals surface area contributed by atoms with Gasteiger partial charge in [0.05, 0.1) is 25.9 Å². The smallest absolute Gasteiger partial charge is 0.338 e. The van der Waals surface area contributed by atoms with Crippen molar-refractivity contribution in [2.24, 2.45) is 0 Å². The van der Waals surface area contributed by atoms with Crippen LogP contribution in [0.25, 0.3) is 0 Å². The Balaban J connectivity index is 1.48. The molecule has 8 nitrogen and oxygen atoms in total. The topological polar surface area (TPSA) is 104 Å². The van der Waals surface area contributed by atoms with Crippen LogP contribution in [0.3, 0.4) is 0 Å². The SMILES string of the molecule is COc1ccc(O[C@@H]2O[C@H](COCc3ccccc3)[C@H](O)[C@H](O)[C@H]2OC(=O)c2ccccc2)cc1. The van der Waals surface area contributed by atoms with Crippen LogP contribution in [0.5, 0.6) is 11.5 Å². The molecule has 0 unspecified atom stereocenters. The van der Waals surface area contributed by atoms with Crippen LogP contribution in [0.15, 0.2) is 84.9 Å². The van der Waals surface area contributed by atoms with Gasteiger partial charge in [-0.3, -0.25) is 0 Å². The van der Waals surface area contributed by atoms with Gasteiger partial charge < -0.3 is 33.9 Å². The van der Waals surface area contributed by atoms with E-state index >= 15 is 0 Å². The van der Waals surface area contributed by atoms with E-state index in [1.807, 2.05) is 30.3 Å². The van der Waals surface area contributed by atoms with Crippen molar-refractivity contribution in [2.75, 3.05) is 13.7 Å². The summed E-state index contributed by atoms with van der Waals surface area (Å²) < 4.78 is 28.3. The van der Waals surface area contributed by atoms with E-state index in [0.29, 0.717) is 23.7 Å². The molecular weight excluding hydrogens is 452 g/mol. The highest BCUT2D eigenvalue weighted by Gasteiger charge is 2.48. The predicted octanol–water partition coefficient (Wildman–Crippen LogP) is 2.96. The number of rotatable bonds is 9. The molecule has 0 aliphatic carbocycles. The van der Waals surface area contributed by atoms with E-state index in [9.17, 15) is 15.0 Å². The minimum atomic E-state index is -1.47. The molecule has 3 aromatic carbocycles. The number of aliphatic hydroxyl groups is 2. The molecule has 1 aliphatic heterocycles. The van der Waals surface area contributed by atoms with Crippen LogP contribution in [-0.4, -0.2) is 60.6 Å². The van der Waals surface area contributed by atoms with Gasteiger partial charge in [-0.2, -0.15) is 0 Å². The van der Waals surface area contributed by atoms with Gasteiger partial charge in [0.2, 0.25) is 6.29 Å². The van der Waals surface area contributed by atoms with Crippen LogP contribution in [0, 0.1) is 0 Å². The molecule has 3 aromatic rings. The van der Waals surface area contributed by atoms with Crippen molar-refractivity contribution >= 4 is 5.97 Å². The lowest BCUT2D eigenvalue weighted by atomic mass is 9.99. The summed E-state index contributed by atoms with van der Waals surface area (Å²) in [5.41, 5.74) is 1.25. The van der Waals surface area contributed by atoms with Crippen LogP contribution in [0.4, 0.5) is 0 Å². The van der Waals surface area contributed by atoms with Crippen molar-refractivity contribution in [1.29, 1.82) is 0 Å². The van der Waals surface area contributed by atoms with E-state index in [1.165, 1.54) is 0 Å². The zero-order valence-corrected chi connectivity index (χ0v) is 19.2. The van der Waals surface area contributed by atoms with Crippen LogP contribution in [-0.2, 0) is 20.8 Å². The van der Waals surface area contributed by atoms with Crippen molar-refractivity contribution in [3.63, 3.8) is 0 Å². The normalized spacial score (nSPS) is 23.9. The molecule has 8 heteroatoms. The lowest BCUT2D eigenvalue weighted by Crippen LogP contribution is -2.61. The van der Waals surface area contributed by atoms with E-state index in [0.717, 1.165) is 5.56 Å². The van der Waals surface area contributed by atoms with Gasteiger partial charge in [0, 0.05) is 0 Å². The van der Waals surface area contributed by atoms with Gasteiger partial charge in [0.25, 0.3) is 0 Å². The summed E-state index contributed by atoms with van der Waals surface area (Å²) in [6.07, 6.45) is -6.23. The number of ether oxygens (including phenoxy) is 5. The van der Waals surface area contributed by atoms with Gasteiger partial charge in [-0.15, -0.1) is 0 Å². The Morgan fingerprint density at radius 1 is 0.857 bits per heavy atom. The summed E-state index contributed by atoms with van der Waals surface area (Å²) >= 11 is 0. The van der Waals surface area contributed by atoms with E-state index in [-0.39, 0.29) is 6.61 Å². The number of benzene rings is 3. The lowest BCUT2D eigenvalue weighted by molar-refractivity contribution is -0.279. The predicted molar refractivity (Wildman–Crippen MR) is 126 cm³/mol. The van der Waals surface area contributed by atoms with Gasteiger partial charge in [-0.05, 0) is 42.0 Å². The number of aliphatic hydroxyl groups excluding tert-OH is 2. The second kappa shape index (κ2) is 11.8. The molecule has 0 amide bonds. The zero-order chi connectivity index (χ0) is 24.6. The molecule has 0 spiro atoms. The van der Waals surface area contributed by atoms with Crippen LogP contribution >= 0.6 is 0 Å². The van der Waals surface area contributed by atoms with Gasteiger partial charge in [-0.1, -0.05) is 48.5 Å². The molecule has 1 fully saturated rings. The number of esters is 1. The Labute approximate surface area is 203 Å². The lowest BCUT2D eigenvalue weighted by Gasteiger charge is -2.41. The van der Waals surface area contributed by atoms with Crippen molar-refractivity contribution in [3.8, 4) is 11.5 Å². The van der Waals surface area contributed by atoms with E-state index in [1.54, 1.807) is 61.7 Å². The fraction of sp³-hybridized carbons (Fsp3) is 0.296. The molecule has 184 valence electrons. The molecule has 1 heterocycles. The number of carbonyl (C=O) groups is 1. The Morgan fingerprint density at radius 3 is 2.14 bits per heavy atom. The van der Waals surface area contributed by atoms with Crippen molar-refractivity contribution in [3.05, 3.63) is 96.1 Å². The second-order valence-electron chi connectivity index (χ2n) is 8.05. The summed E-state index contributed by atoms with van der Waals surface area (Å²) in [5.74, 6) is 0.369. The van der Waals surface area contributed by atoms with Gasteiger partial charge in [0.1, 0.15) is 29.8 Å². The molecule has 0 saturated carbocycles. The van der Waals surface area contributed by atoms with Gasteiger partial charge in [0.15, 0.2) is 6.10 Å². The maximum atomic E-state index is 12.7. The molecular formula is C27H28O8. The highest BCUT2D eigenvalue weighted by atomic mass is 16.7. The zero-order valence-electron chi connectivity index (χ0n) is 19.2. The fourth-order valence-electron chi connectivity index (χ4n) is 3.68. The standard InChI is InChI=1S/C27H28O8/c1-31-20-12-14-21(15-13-20)33-27-25(35-26(30)19-10-6-3-7-11-19)24(29)23(28)22(34-27)17-32-16-18-8-4-2-5-9-18/h2-15,22-25,27-29H,16-17H2,1H3/t22-,23+,24+,25-,27-/m1/s1. The largest absolute Gasteiger partial charge is 0.497 e. The quantitative estimate of drug-likeness (QED) is 0.451. The molecule has 2 N–H and O–H groups in total. The maximum absolute atomic E-state index is 12.7. The molecule has 4 rings (SSSR count). The van der Waals surface area contributed by atoms with E-state index < -0.39 is 36.7 Å². The third-order valence-corrected chi connectivity index (χ3v) is 5.60. The summed E-state index contributed by atoms with van der Waals surface area (Å²) in [4.78, 5) is 12.7. The number of methoxy groups -OCH3 is 1. The molecule has 0 aromatic heterocycles. The number of hydrogen-bond donors (Lipinski definition) is 2. The molecule has 1 saturated heterocycles. The molecule has 35 heavy (non-hydrogen) atoms. The molecule has 1 aliphatic rings. The molecule has 0 radical (unpaired) electrons. The summed E-state index contributed by atoms with van der Waals surface area (Å²) in [6.45, 7) is 0.300. The first-order valence-electron chi connectivity index (χ1n) is 11.2. The van der Waals surface area contributed by atoms with Crippen LogP contribution in [0.1, 0.15) is 15.9 Å². The highest BCUT2D eigenvalue weighted by Crippen LogP contribution is 2.28. The Kier molecular flexibility index (Phi) is 8.33. The minimum absolute atomic E-state index is 0.00501. The third-order valence-electron chi connectivity index (χ3n) is 5.60. The first-order valence-corrected chi connectivity index (χ1v) is 11.2. The van der Waals surface area contributed by atoms with Crippen molar-refractivity contribution in [2.45, 2.75) is 37.3 Å². The number of hydrogen-bond acceptors (Lipinski definition) is 8. The minimum Gasteiger partial charge on any atom is -0.497 e. The summed E-state index contributed by atoms with van der Waals surface area (Å²) in [7, 11) is 1.55. The van der Waals surface area contributed by atoms with Gasteiger partial charge in [-0.25, -0.2) is 4.79 Å². The number of carbonyl (C=O) groups excluding carboxylic acids is 1. The first kappa shape index (κ1) is 24.7. The van der Waals surface area contributed by atoms with Gasteiger partial charge >= 0.3 is 5.97 Å². The average Bonchev–Trinajstić information content (AvgIpc) is 2.90. The summed E-state index contributed by atoms with van der Waals surface area (Å²) in [6, 6.07) is 24.6. The first-order chi connectivity index (χ1) is 17.0. The van der Waals surface area contributed by atoms with Crippen molar-refractivity contribution < 1.29 is 38.7 Å². The molecule has 0 bridgehead atoms. The Bertz CT molecular complexity index is 1060. The Hall–Kier alpha value is -3.43. The maximum Gasteiger partial charge on any atom is 0.338 e. The van der Waals surface area contributed by atoms with Crippen molar-refractivity contribution in [1.82, 2.24) is 0 Å². The monoisotopic (exact) mass is 480 g/mol. The van der Waals surface area contributed by atoms with Crippen LogP contribution < -0.4 is 9.47 Å². The third kappa shape index (κ3) is 6.37.